The zero-order valence-electron chi connectivity index (χ0n) is 18.1. The second kappa shape index (κ2) is 9.12. The van der Waals surface area contributed by atoms with Crippen LogP contribution in [0.4, 0.5) is 5.69 Å². The molecule has 164 valence electrons. The lowest BCUT2D eigenvalue weighted by Gasteiger charge is -2.12. The van der Waals surface area contributed by atoms with Crippen LogP contribution in [0, 0.1) is 0 Å². The van der Waals surface area contributed by atoms with Gasteiger partial charge in [-0.3, -0.25) is 9.59 Å². The van der Waals surface area contributed by atoms with Crippen molar-refractivity contribution in [3.8, 4) is 5.69 Å². The Hall–Kier alpha value is -4.19. The van der Waals surface area contributed by atoms with Gasteiger partial charge < -0.3 is 10.6 Å². The molecule has 3 aromatic carbocycles. The van der Waals surface area contributed by atoms with Crippen LogP contribution in [-0.4, -0.2) is 27.6 Å². The molecule has 2 amide bonds. The lowest BCUT2D eigenvalue weighted by molar-refractivity contribution is -0.115. The highest BCUT2D eigenvalue weighted by Crippen LogP contribution is 2.22. The number of anilines is 1. The molecule has 5 rings (SSSR count). The highest BCUT2D eigenvalue weighted by Gasteiger charge is 2.23. The first-order chi connectivity index (χ1) is 16.1. The van der Waals surface area contributed by atoms with E-state index in [1.54, 1.807) is 29.2 Å². The first-order valence-corrected chi connectivity index (χ1v) is 11.0. The Balaban J connectivity index is 1.23. The number of carbonyl (C=O) groups excluding carboxylic acids is 2. The quantitative estimate of drug-likeness (QED) is 0.481. The van der Waals surface area contributed by atoms with E-state index < -0.39 is 0 Å². The van der Waals surface area contributed by atoms with Crippen molar-refractivity contribution in [3.05, 3.63) is 114 Å². The molecule has 1 aromatic heterocycles. The number of amides is 2. The number of carbonyl (C=O) groups is 2. The van der Waals surface area contributed by atoms with Gasteiger partial charge in [0.15, 0.2) is 0 Å². The van der Waals surface area contributed by atoms with Gasteiger partial charge in [0.05, 0.1) is 30.2 Å². The predicted molar refractivity (Wildman–Crippen MR) is 127 cm³/mol. The minimum absolute atomic E-state index is 0.0989. The lowest BCUT2D eigenvalue weighted by atomic mass is 10.1. The summed E-state index contributed by atoms with van der Waals surface area (Å²) in [7, 11) is 0. The lowest BCUT2D eigenvalue weighted by Crippen LogP contribution is -2.35. The normalized spacial score (nSPS) is 12.8. The molecule has 0 saturated carbocycles. The third-order valence-electron chi connectivity index (χ3n) is 5.83. The SMILES string of the molecule is O=C(Cc1ccccc1)Nc1cnn(-c2cccc(C(=O)NC3Cc4ccccc4C3)c2)c1. The van der Waals surface area contributed by atoms with Crippen LogP contribution in [0.2, 0.25) is 0 Å². The average Bonchev–Trinajstić information content (AvgIpc) is 3.46. The van der Waals surface area contributed by atoms with Gasteiger partial charge in [0.2, 0.25) is 5.91 Å². The molecule has 1 aliphatic carbocycles. The summed E-state index contributed by atoms with van der Waals surface area (Å²) in [6, 6.07) is 25.3. The Bertz CT molecular complexity index is 1270. The van der Waals surface area contributed by atoms with Crippen LogP contribution in [0.1, 0.15) is 27.0 Å². The van der Waals surface area contributed by atoms with Gasteiger partial charge in [0, 0.05) is 11.6 Å². The summed E-state index contributed by atoms with van der Waals surface area (Å²) in [4.78, 5) is 25.2. The van der Waals surface area contributed by atoms with E-state index >= 15 is 0 Å². The summed E-state index contributed by atoms with van der Waals surface area (Å²) < 4.78 is 1.65. The van der Waals surface area contributed by atoms with Crippen molar-refractivity contribution < 1.29 is 9.59 Å². The van der Waals surface area contributed by atoms with Crippen LogP contribution in [-0.2, 0) is 24.1 Å². The van der Waals surface area contributed by atoms with Gasteiger partial charge in [-0.05, 0) is 47.7 Å². The fourth-order valence-electron chi connectivity index (χ4n) is 4.23. The summed E-state index contributed by atoms with van der Waals surface area (Å²) in [5.74, 6) is -0.204. The summed E-state index contributed by atoms with van der Waals surface area (Å²) in [6.45, 7) is 0. The molecule has 6 nitrogen and oxygen atoms in total. The van der Waals surface area contributed by atoms with Gasteiger partial charge in [0.1, 0.15) is 0 Å². The van der Waals surface area contributed by atoms with Crippen LogP contribution < -0.4 is 10.6 Å². The maximum absolute atomic E-state index is 12.9. The molecule has 0 atom stereocenters. The van der Waals surface area contributed by atoms with Crippen LogP contribution in [0.5, 0.6) is 0 Å². The van der Waals surface area contributed by atoms with E-state index in [2.05, 4.69) is 27.9 Å². The van der Waals surface area contributed by atoms with E-state index in [4.69, 9.17) is 0 Å². The number of hydrogen-bond donors (Lipinski definition) is 2. The summed E-state index contributed by atoms with van der Waals surface area (Å²) in [5, 5.41) is 10.4. The van der Waals surface area contributed by atoms with Gasteiger partial charge in [-0.1, -0.05) is 60.7 Å². The summed E-state index contributed by atoms with van der Waals surface area (Å²) >= 11 is 0. The third kappa shape index (κ3) is 4.85. The van der Waals surface area contributed by atoms with Crippen LogP contribution >= 0.6 is 0 Å². The summed E-state index contributed by atoms with van der Waals surface area (Å²) in [5.41, 5.74) is 5.49. The molecule has 1 heterocycles. The number of hydrogen-bond acceptors (Lipinski definition) is 3. The first kappa shape index (κ1) is 20.7. The van der Waals surface area contributed by atoms with E-state index in [9.17, 15) is 9.59 Å². The van der Waals surface area contributed by atoms with Crippen molar-refractivity contribution in [1.29, 1.82) is 0 Å². The molecule has 4 aromatic rings. The first-order valence-electron chi connectivity index (χ1n) is 11.0. The van der Waals surface area contributed by atoms with E-state index in [1.807, 2.05) is 54.6 Å². The fraction of sp³-hybridized carbons (Fsp3) is 0.148. The maximum Gasteiger partial charge on any atom is 0.251 e. The van der Waals surface area contributed by atoms with E-state index in [1.165, 1.54) is 11.1 Å². The van der Waals surface area contributed by atoms with Crippen LogP contribution in [0.25, 0.3) is 5.69 Å². The fourth-order valence-corrected chi connectivity index (χ4v) is 4.23. The average molecular weight is 437 g/mol. The highest BCUT2D eigenvalue weighted by molar-refractivity contribution is 5.95. The van der Waals surface area contributed by atoms with E-state index in [0.29, 0.717) is 17.7 Å². The summed E-state index contributed by atoms with van der Waals surface area (Å²) in [6.07, 6.45) is 5.35. The Labute approximate surface area is 192 Å². The molecular formula is C27H24N4O2. The second-order valence-corrected chi connectivity index (χ2v) is 8.28. The van der Waals surface area contributed by atoms with Crippen molar-refractivity contribution in [1.82, 2.24) is 15.1 Å². The topological polar surface area (TPSA) is 76.0 Å². The predicted octanol–water partition coefficient (Wildman–Crippen LogP) is 3.95. The van der Waals surface area contributed by atoms with Gasteiger partial charge in [-0.2, -0.15) is 5.10 Å². The van der Waals surface area contributed by atoms with Crippen molar-refractivity contribution in [3.63, 3.8) is 0 Å². The zero-order chi connectivity index (χ0) is 22.6. The number of nitrogens with one attached hydrogen (secondary N) is 2. The molecule has 0 saturated heterocycles. The molecule has 0 aliphatic heterocycles. The molecule has 1 aliphatic rings. The van der Waals surface area contributed by atoms with E-state index in [0.717, 1.165) is 24.1 Å². The monoisotopic (exact) mass is 436 g/mol. The number of nitrogens with zero attached hydrogens (tertiary/aromatic N) is 2. The molecule has 0 spiro atoms. The van der Waals surface area contributed by atoms with Gasteiger partial charge in [0.25, 0.3) is 5.91 Å². The molecule has 0 bridgehead atoms. The third-order valence-corrected chi connectivity index (χ3v) is 5.83. The minimum Gasteiger partial charge on any atom is -0.349 e. The number of benzene rings is 3. The number of aromatic nitrogens is 2. The van der Waals surface area contributed by atoms with Crippen molar-refractivity contribution in [2.75, 3.05) is 5.32 Å². The molecule has 0 unspecified atom stereocenters. The molecule has 33 heavy (non-hydrogen) atoms. The van der Waals surface area contributed by atoms with Crippen molar-refractivity contribution in [2.24, 2.45) is 0 Å². The minimum atomic E-state index is -0.105. The Morgan fingerprint density at radius 2 is 1.64 bits per heavy atom. The molecule has 0 radical (unpaired) electrons. The van der Waals surface area contributed by atoms with Crippen LogP contribution in [0.3, 0.4) is 0 Å². The second-order valence-electron chi connectivity index (χ2n) is 8.28. The highest BCUT2D eigenvalue weighted by atomic mass is 16.2. The van der Waals surface area contributed by atoms with Crippen molar-refractivity contribution >= 4 is 17.5 Å². The molecule has 2 N–H and O–H groups in total. The number of rotatable bonds is 6. The van der Waals surface area contributed by atoms with Gasteiger partial charge in [-0.15, -0.1) is 0 Å². The Morgan fingerprint density at radius 1 is 0.909 bits per heavy atom. The molecule has 6 heteroatoms. The van der Waals surface area contributed by atoms with Crippen LogP contribution in [0.15, 0.2) is 91.3 Å². The molecular weight excluding hydrogens is 412 g/mol. The number of fused-ring (bicyclic) bond motifs is 1. The Kier molecular flexibility index (Phi) is 5.72. The van der Waals surface area contributed by atoms with E-state index in [-0.39, 0.29) is 17.9 Å². The Morgan fingerprint density at radius 3 is 2.39 bits per heavy atom. The largest absolute Gasteiger partial charge is 0.349 e. The van der Waals surface area contributed by atoms with Gasteiger partial charge >= 0.3 is 0 Å². The smallest absolute Gasteiger partial charge is 0.251 e. The van der Waals surface area contributed by atoms with Crippen molar-refractivity contribution in [2.45, 2.75) is 25.3 Å². The maximum atomic E-state index is 12.9. The standard InChI is InChI=1S/C27H24N4O2/c32-26(13-19-7-2-1-3-8-19)29-24-17-28-31(18-24)25-12-6-11-22(16-25)27(33)30-23-14-20-9-4-5-10-21(20)15-23/h1-12,16-18,23H,13-15H2,(H,29,32)(H,30,33). The molecule has 0 fully saturated rings. The van der Waals surface area contributed by atoms with Gasteiger partial charge in [-0.25, -0.2) is 4.68 Å². The zero-order valence-corrected chi connectivity index (χ0v) is 18.1.